The normalized spacial score (nSPS) is 17.6. The van der Waals surface area contributed by atoms with Gasteiger partial charge in [-0.15, -0.1) is 0 Å². The second kappa shape index (κ2) is 10.8. The van der Waals surface area contributed by atoms with Gasteiger partial charge in [-0.3, -0.25) is 0 Å². The number of benzene rings is 1. The summed E-state index contributed by atoms with van der Waals surface area (Å²) >= 11 is 0. The van der Waals surface area contributed by atoms with Gasteiger partial charge in [0.15, 0.2) is 5.96 Å². The Morgan fingerprint density at radius 3 is 2.62 bits per heavy atom. The largest absolute Gasteiger partial charge is 0.493 e. The summed E-state index contributed by atoms with van der Waals surface area (Å²) in [5.74, 6) is 2.73. The van der Waals surface area contributed by atoms with E-state index in [4.69, 9.17) is 4.74 Å². The summed E-state index contributed by atoms with van der Waals surface area (Å²) in [5.41, 5.74) is 1.03. The molecule has 0 aromatic heterocycles. The maximum Gasteiger partial charge on any atom is 0.213 e. The lowest BCUT2D eigenvalue weighted by molar-refractivity contribution is 0.297. The molecule has 3 N–H and O–H groups in total. The van der Waals surface area contributed by atoms with E-state index in [1.807, 2.05) is 31.2 Å². The highest BCUT2D eigenvalue weighted by Gasteiger charge is 2.22. The summed E-state index contributed by atoms with van der Waals surface area (Å²) in [5, 5.41) is 6.29. The van der Waals surface area contributed by atoms with Crippen LogP contribution in [0.15, 0.2) is 29.3 Å². The molecule has 0 unspecified atom stereocenters. The Bertz CT molecular complexity index is 774. The average molecular weight is 423 g/mol. The molecule has 1 aromatic rings. The Kier molecular flexibility index (Phi) is 8.18. The van der Waals surface area contributed by atoms with Crippen LogP contribution in [0, 0.1) is 11.8 Å². The fourth-order valence-electron chi connectivity index (χ4n) is 3.09. The molecule has 2 saturated carbocycles. The van der Waals surface area contributed by atoms with Crippen molar-refractivity contribution in [3.05, 3.63) is 29.8 Å². The third kappa shape index (κ3) is 7.85. The summed E-state index contributed by atoms with van der Waals surface area (Å²) in [7, 11) is -3.26. The highest BCUT2D eigenvalue weighted by atomic mass is 32.2. The van der Waals surface area contributed by atoms with Gasteiger partial charge >= 0.3 is 0 Å². The van der Waals surface area contributed by atoms with Crippen molar-refractivity contribution >= 4 is 16.0 Å². The third-order valence-electron chi connectivity index (χ3n) is 5.38. The standard InChI is InChI=1S/C21H34N4O3S/c1-2-22-21(23-12-13-29(26,27)25-14-17-6-5-7-17)24-15-19-8-3-4-9-20(19)28-16-18-10-11-18/h3-4,8-9,17-18,25H,2,5-7,10-16H2,1H3,(H2,22,23,24). The van der Waals surface area contributed by atoms with E-state index < -0.39 is 10.0 Å². The zero-order chi connectivity index (χ0) is 20.5. The van der Waals surface area contributed by atoms with Crippen molar-refractivity contribution in [1.82, 2.24) is 15.4 Å². The molecule has 29 heavy (non-hydrogen) atoms. The number of sulfonamides is 1. The second-order valence-electron chi connectivity index (χ2n) is 7.95. The first-order valence-corrected chi connectivity index (χ1v) is 12.4. The Morgan fingerprint density at radius 1 is 1.14 bits per heavy atom. The van der Waals surface area contributed by atoms with Crippen LogP contribution in [0.4, 0.5) is 0 Å². The molecule has 0 spiro atoms. The first-order chi connectivity index (χ1) is 14.1. The number of guanidine groups is 1. The van der Waals surface area contributed by atoms with Crippen molar-refractivity contribution in [3.63, 3.8) is 0 Å². The lowest BCUT2D eigenvalue weighted by Crippen LogP contribution is -2.42. The first kappa shape index (κ1) is 21.9. The van der Waals surface area contributed by atoms with Crippen molar-refractivity contribution in [2.24, 2.45) is 16.8 Å². The van der Waals surface area contributed by atoms with Gasteiger partial charge in [0, 0.05) is 25.2 Å². The summed E-state index contributed by atoms with van der Waals surface area (Å²) in [6.07, 6.45) is 5.99. The Balaban J connectivity index is 1.47. The van der Waals surface area contributed by atoms with E-state index >= 15 is 0 Å². The minimum atomic E-state index is -3.26. The van der Waals surface area contributed by atoms with Gasteiger partial charge in [0.25, 0.3) is 0 Å². The third-order valence-corrected chi connectivity index (χ3v) is 6.72. The SMILES string of the molecule is CCNC(=NCc1ccccc1OCC1CC1)NCCS(=O)(=O)NCC1CCC1. The molecule has 162 valence electrons. The van der Waals surface area contributed by atoms with E-state index in [9.17, 15) is 8.42 Å². The van der Waals surface area contributed by atoms with Crippen molar-refractivity contribution in [2.45, 2.75) is 45.6 Å². The first-order valence-electron chi connectivity index (χ1n) is 10.8. The van der Waals surface area contributed by atoms with Gasteiger partial charge in [-0.25, -0.2) is 18.1 Å². The molecule has 7 nitrogen and oxygen atoms in total. The number of para-hydroxylation sites is 1. The van der Waals surface area contributed by atoms with Gasteiger partial charge < -0.3 is 15.4 Å². The number of hydrogen-bond donors (Lipinski definition) is 3. The minimum Gasteiger partial charge on any atom is -0.493 e. The molecule has 3 rings (SSSR count). The number of rotatable bonds is 12. The smallest absolute Gasteiger partial charge is 0.213 e. The van der Waals surface area contributed by atoms with Crippen LogP contribution in [-0.4, -0.2) is 46.4 Å². The van der Waals surface area contributed by atoms with Crippen molar-refractivity contribution in [3.8, 4) is 5.75 Å². The van der Waals surface area contributed by atoms with E-state index in [1.54, 1.807) is 0 Å². The minimum absolute atomic E-state index is 0.0330. The summed E-state index contributed by atoms with van der Waals surface area (Å²) in [6.45, 7) is 4.81. The molecule has 2 aliphatic rings. The molecule has 0 atom stereocenters. The Hall–Kier alpha value is -1.80. The van der Waals surface area contributed by atoms with Crippen LogP contribution in [0.25, 0.3) is 0 Å². The zero-order valence-electron chi connectivity index (χ0n) is 17.3. The number of aliphatic imine (C=N–C) groups is 1. The maximum absolute atomic E-state index is 12.1. The van der Waals surface area contributed by atoms with Crippen LogP contribution >= 0.6 is 0 Å². The van der Waals surface area contributed by atoms with E-state index in [0.717, 1.165) is 30.8 Å². The predicted molar refractivity (Wildman–Crippen MR) is 117 cm³/mol. The number of hydrogen-bond acceptors (Lipinski definition) is 4. The molecule has 1 aromatic carbocycles. The van der Waals surface area contributed by atoms with Crippen molar-refractivity contribution < 1.29 is 13.2 Å². The quantitative estimate of drug-likeness (QED) is 0.355. The Morgan fingerprint density at radius 2 is 1.93 bits per heavy atom. The van der Waals surface area contributed by atoms with Gasteiger partial charge in [-0.1, -0.05) is 24.6 Å². The second-order valence-corrected chi connectivity index (χ2v) is 9.87. The molecule has 0 saturated heterocycles. The number of ether oxygens (including phenoxy) is 1. The lowest BCUT2D eigenvalue weighted by Gasteiger charge is -2.25. The molecular weight excluding hydrogens is 388 g/mol. The van der Waals surface area contributed by atoms with Gasteiger partial charge in [0.1, 0.15) is 5.75 Å². The van der Waals surface area contributed by atoms with Gasteiger partial charge in [-0.2, -0.15) is 0 Å². The predicted octanol–water partition coefficient (Wildman–Crippen LogP) is 2.25. The van der Waals surface area contributed by atoms with Crippen LogP contribution in [0.5, 0.6) is 5.75 Å². The topological polar surface area (TPSA) is 91.8 Å². The monoisotopic (exact) mass is 422 g/mol. The zero-order valence-corrected chi connectivity index (χ0v) is 18.1. The van der Waals surface area contributed by atoms with E-state index in [-0.39, 0.29) is 5.75 Å². The lowest BCUT2D eigenvalue weighted by atomic mass is 9.86. The molecule has 0 bridgehead atoms. The highest BCUT2D eigenvalue weighted by molar-refractivity contribution is 7.89. The van der Waals surface area contributed by atoms with E-state index in [0.29, 0.717) is 44.0 Å². The number of nitrogens with one attached hydrogen (secondary N) is 3. The van der Waals surface area contributed by atoms with Crippen LogP contribution in [0.1, 0.15) is 44.6 Å². The molecule has 0 amide bonds. The van der Waals surface area contributed by atoms with E-state index in [2.05, 4.69) is 20.3 Å². The Labute approximate surface area is 174 Å². The molecule has 8 heteroatoms. The van der Waals surface area contributed by atoms with Crippen molar-refractivity contribution in [1.29, 1.82) is 0 Å². The van der Waals surface area contributed by atoms with Crippen molar-refractivity contribution in [2.75, 3.05) is 32.0 Å². The fourth-order valence-corrected chi connectivity index (χ4v) is 4.10. The molecule has 0 radical (unpaired) electrons. The average Bonchev–Trinajstić information content (AvgIpc) is 3.48. The van der Waals surface area contributed by atoms with Crippen LogP contribution in [0.3, 0.4) is 0 Å². The van der Waals surface area contributed by atoms with Gasteiger partial charge in [0.2, 0.25) is 10.0 Å². The summed E-state index contributed by atoms with van der Waals surface area (Å²) < 4.78 is 32.9. The molecular formula is C21H34N4O3S. The maximum atomic E-state index is 12.1. The van der Waals surface area contributed by atoms with E-state index in [1.165, 1.54) is 19.3 Å². The molecule has 2 fully saturated rings. The molecule has 0 heterocycles. The van der Waals surface area contributed by atoms with Gasteiger partial charge in [0.05, 0.1) is 18.9 Å². The van der Waals surface area contributed by atoms with Gasteiger partial charge in [-0.05, 0) is 50.5 Å². The highest BCUT2D eigenvalue weighted by Crippen LogP contribution is 2.30. The fraction of sp³-hybridized carbons (Fsp3) is 0.667. The molecule has 0 aliphatic heterocycles. The summed E-state index contributed by atoms with van der Waals surface area (Å²) in [4.78, 5) is 4.60. The number of nitrogens with zero attached hydrogens (tertiary/aromatic N) is 1. The molecule has 2 aliphatic carbocycles. The van der Waals surface area contributed by atoms with Crippen LogP contribution < -0.4 is 20.1 Å². The van der Waals surface area contributed by atoms with Crippen LogP contribution in [-0.2, 0) is 16.6 Å². The summed E-state index contributed by atoms with van der Waals surface area (Å²) in [6, 6.07) is 7.95. The van der Waals surface area contributed by atoms with Crippen LogP contribution in [0.2, 0.25) is 0 Å².